The SMILES string of the molecule is CCCc1nc(Cl)c(C)c(N(CC)CC2CCCO2)n1. The van der Waals surface area contributed by atoms with Gasteiger partial charge in [0.25, 0.3) is 0 Å². The molecule has 1 atom stereocenters. The van der Waals surface area contributed by atoms with Crippen molar-refractivity contribution in [2.24, 2.45) is 0 Å². The lowest BCUT2D eigenvalue weighted by Gasteiger charge is -2.27. The van der Waals surface area contributed by atoms with Gasteiger partial charge in [-0.15, -0.1) is 0 Å². The summed E-state index contributed by atoms with van der Waals surface area (Å²) < 4.78 is 5.74. The van der Waals surface area contributed by atoms with Crippen LogP contribution in [-0.2, 0) is 11.2 Å². The summed E-state index contributed by atoms with van der Waals surface area (Å²) in [6.45, 7) is 8.93. The maximum Gasteiger partial charge on any atom is 0.137 e. The topological polar surface area (TPSA) is 38.2 Å². The highest BCUT2D eigenvalue weighted by molar-refractivity contribution is 6.30. The number of hydrogen-bond donors (Lipinski definition) is 0. The molecule has 112 valence electrons. The molecule has 1 aliphatic rings. The molecule has 0 saturated carbocycles. The van der Waals surface area contributed by atoms with Crippen LogP contribution in [0.4, 0.5) is 5.82 Å². The quantitative estimate of drug-likeness (QED) is 0.754. The Morgan fingerprint density at radius 1 is 1.35 bits per heavy atom. The zero-order chi connectivity index (χ0) is 14.5. The van der Waals surface area contributed by atoms with Gasteiger partial charge in [-0.3, -0.25) is 0 Å². The second-order valence-corrected chi connectivity index (χ2v) is 5.66. The molecule has 0 aliphatic carbocycles. The van der Waals surface area contributed by atoms with Gasteiger partial charge in [-0.2, -0.15) is 0 Å². The molecule has 2 rings (SSSR count). The van der Waals surface area contributed by atoms with Gasteiger partial charge in [-0.25, -0.2) is 9.97 Å². The molecule has 0 radical (unpaired) electrons. The number of aryl methyl sites for hydroxylation is 1. The smallest absolute Gasteiger partial charge is 0.137 e. The standard InChI is InChI=1S/C15H24ClN3O/c1-4-7-13-17-14(16)11(3)15(18-13)19(5-2)10-12-8-6-9-20-12/h12H,4-10H2,1-3H3. The summed E-state index contributed by atoms with van der Waals surface area (Å²) >= 11 is 6.26. The van der Waals surface area contributed by atoms with Crippen LogP contribution in [0.25, 0.3) is 0 Å². The van der Waals surface area contributed by atoms with Crippen molar-refractivity contribution in [3.8, 4) is 0 Å². The van der Waals surface area contributed by atoms with Crippen LogP contribution in [0.5, 0.6) is 0 Å². The van der Waals surface area contributed by atoms with Gasteiger partial charge in [0.15, 0.2) is 0 Å². The molecular weight excluding hydrogens is 274 g/mol. The van der Waals surface area contributed by atoms with Gasteiger partial charge < -0.3 is 9.64 Å². The lowest BCUT2D eigenvalue weighted by atomic mass is 10.2. The average Bonchev–Trinajstić information content (AvgIpc) is 2.93. The molecule has 0 spiro atoms. The Kier molecular flexibility index (Phi) is 5.61. The van der Waals surface area contributed by atoms with Crippen LogP contribution in [0, 0.1) is 6.92 Å². The third-order valence-corrected chi connectivity index (χ3v) is 4.08. The first-order chi connectivity index (χ1) is 9.65. The molecule has 4 nitrogen and oxygen atoms in total. The maximum absolute atomic E-state index is 6.26. The molecule has 1 aromatic heterocycles. The molecule has 1 fully saturated rings. The second-order valence-electron chi connectivity index (χ2n) is 5.30. The molecule has 1 saturated heterocycles. The van der Waals surface area contributed by atoms with Gasteiger partial charge in [0.05, 0.1) is 6.10 Å². The van der Waals surface area contributed by atoms with E-state index in [1.807, 2.05) is 6.92 Å². The number of nitrogens with zero attached hydrogens (tertiary/aromatic N) is 3. The summed E-state index contributed by atoms with van der Waals surface area (Å²) in [7, 11) is 0. The molecule has 5 heteroatoms. The summed E-state index contributed by atoms with van der Waals surface area (Å²) in [5, 5.41) is 0.573. The van der Waals surface area contributed by atoms with Gasteiger partial charge in [-0.1, -0.05) is 18.5 Å². The Labute approximate surface area is 126 Å². The molecule has 0 N–H and O–H groups in total. The highest BCUT2D eigenvalue weighted by Gasteiger charge is 2.21. The van der Waals surface area contributed by atoms with E-state index < -0.39 is 0 Å². The normalized spacial score (nSPS) is 18.5. The first kappa shape index (κ1) is 15.5. The molecule has 1 aliphatic heterocycles. The zero-order valence-electron chi connectivity index (χ0n) is 12.7. The first-order valence-electron chi connectivity index (χ1n) is 7.55. The van der Waals surface area contributed by atoms with Crippen LogP contribution in [0.1, 0.15) is 44.5 Å². The van der Waals surface area contributed by atoms with Gasteiger partial charge in [0, 0.05) is 31.7 Å². The molecule has 0 amide bonds. The summed E-state index contributed by atoms with van der Waals surface area (Å²) in [5.41, 5.74) is 0.964. The van der Waals surface area contributed by atoms with Crippen molar-refractivity contribution in [2.75, 3.05) is 24.6 Å². The highest BCUT2D eigenvalue weighted by atomic mass is 35.5. The van der Waals surface area contributed by atoms with Gasteiger partial charge in [0.2, 0.25) is 0 Å². The Morgan fingerprint density at radius 3 is 2.75 bits per heavy atom. The van der Waals surface area contributed by atoms with Crippen molar-refractivity contribution >= 4 is 17.4 Å². The maximum atomic E-state index is 6.26. The Bertz CT molecular complexity index is 447. The minimum absolute atomic E-state index is 0.317. The molecular formula is C15H24ClN3O. The van der Waals surface area contributed by atoms with Crippen LogP contribution < -0.4 is 4.90 Å². The Balaban J connectivity index is 2.22. The van der Waals surface area contributed by atoms with E-state index >= 15 is 0 Å². The fourth-order valence-electron chi connectivity index (χ4n) is 2.56. The fourth-order valence-corrected chi connectivity index (χ4v) is 2.75. The van der Waals surface area contributed by atoms with Gasteiger partial charge in [-0.05, 0) is 33.1 Å². The molecule has 1 aromatic rings. The number of hydrogen-bond acceptors (Lipinski definition) is 4. The Hall–Kier alpha value is -0.870. The highest BCUT2D eigenvalue weighted by Crippen LogP contribution is 2.25. The average molecular weight is 298 g/mol. The molecule has 20 heavy (non-hydrogen) atoms. The second kappa shape index (κ2) is 7.23. The number of likely N-dealkylation sites (N-methyl/N-ethyl adjacent to an activating group) is 1. The van der Waals surface area contributed by atoms with Crippen LogP contribution in [0.2, 0.25) is 5.15 Å². The van der Waals surface area contributed by atoms with E-state index in [0.29, 0.717) is 11.3 Å². The van der Waals surface area contributed by atoms with Crippen molar-refractivity contribution < 1.29 is 4.74 Å². The molecule has 0 aromatic carbocycles. The van der Waals surface area contributed by atoms with Crippen molar-refractivity contribution in [3.63, 3.8) is 0 Å². The van der Waals surface area contributed by atoms with E-state index in [4.69, 9.17) is 21.3 Å². The molecule has 2 heterocycles. The number of aromatic nitrogens is 2. The van der Waals surface area contributed by atoms with Crippen LogP contribution >= 0.6 is 11.6 Å². The van der Waals surface area contributed by atoms with Crippen LogP contribution in [0.3, 0.4) is 0 Å². The van der Waals surface area contributed by atoms with E-state index in [1.54, 1.807) is 0 Å². The van der Waals surface area contributed by atoms with Crippen LogP contribution in [-0.4, -0.2) is 35.8 Å². The predicted octanol–water partition coefficient (Wildman–Crippen LogP) is 3.40. The lowest BCUT2D eigenvalue weighted by molar-refractivity contribution is 0.115. The first-order valence-corrected chi connectivity index (χ1v) is 7.93. The fraction of sp³-hybridized carbons (Fsp3) is 0.733. The number of halogens is 1. The minimum Gasteiger partial charge on any atom is -0.376 e. The van der Waals surface area contributed by atoms with Crippen LogP contribution in [0.15, 0.2) is 0 Å². The van der Waals surface area contributed by atoms with Crippen molar-refractivity contribution in [1.29, 1.82) is 0 Å². The van der Waals surface area contributed by atoms with Crippen molar-refractivity contribution in [3.05, 3.63) is 16.5 Å². The van der Waals surface area contributed by atoms with Crippen molar-refractivity contribution in [1.82, 2.24) is 9.97 Å². The Morgan fingerprint density at radius 2 is 2.15 bits per heavy atom. The molecule has 0 bridgehead atoms. The third kappa shape index (κ3) is 3.61. The largest absolute Gasteiger partial charge is 0.376 e. The summed E-state index contributed by atoms with van der Waals surface area (Å²) in [4.78, 5) is 11.3. The summed E-state index contributed by atoms with van der Waals surface area (Å²) in [5.74, 6) is 1.80. The van der Waals surface area contributed by atoms with E-state index in [1.165, 1.54) is 0 Å². The van der Waals surface area contributed by atoms with E-state index in [9.17, 15) is 0 Å². The van der Waals surface area contributed by atoms with E-state index in [-0.39, 0.29) is 0 Å². The summed E-state index contributed by atoms with van der Waals surface area (Å²) in [6, 6.07) is 0. The third-order valence-electron chi connectivity index (χ3n) is 3.71. The monoisotopic (exact) mass is 297 g/mol. The molecule has 1 unspecified atom stereocenters. The zero-order valence-corrected chi connectivity index (χ0v) is 13.4. The summed E-state index contributed by atoms with van der Waals surface area (Å²) in [6.07, 6.45) is 4.50. The number of rotatable bonds is 6. The van der Waals surface area contributed by atoms with E-state index in [0.717, 1.165) is 62.6 Å². The minimum atomic E-state index is 0.317. The number of anilines is 1. The van der Waals surface area contributed by atoms with E-state index in [2.05, 4.69) is 23.7 Å². The number of ether oxygens (including phenoxy) is 1. The van der Waals surface area contributed by atoms with Gasteiger partial charge in [0.1, 0.15) is 16.8 Å². The van der Waals surface area contributed by atoms with Crippen molar-refractivity contribution in [2.45, 2.75) is 52.6 Å². The van der Waals surface area contributed by atoms with Gasteiger partial charge >= 0.3 is 0 Å². The predicted molar refractivity (Wildman–Crippen MR) is 82.6 cm³/mol. The lowest BCUT2D eigenvalue weighted by Crippen LogP contribution is -2.33.